The third-order valence-corrected chi connectivity index (χ3v) is 12.8. The average molecular weight is 772 g/mol. The van der Waals surface area contributed by atoms with Crippen LogP contribution in [-0.4, -0.2) is 11.4 Å². The zero-order valence-electron chi connectivity index (χ0n) is 33.6. The van der Waals surface area contributed by atoms with Gasteiger partial charge in [0.05, 0.1) is 22.4 Å². The van der Waals surface area contributed by atoms with Crippen molar-refractivity contribution in [2.24, 2.45) is 0 Å². The smallest absolute Gasteiger partial charge is 0.375 e. The van der Waals surface area contributed by atoms with E-state index in [1.54, 1.807) is 0 Å². The van der Waals surface area contributed by atoms with Crippen LogP contribution >= 0.6 is 0 Å². The third-order valence-electron chi connectivity index (χ3n) is 12.8. The number of aromatic nitrogens is 1. The van der Waals surface area contributed by atoms with Crippen LogP contribution < -0.4 is 20.8 Å². The highest BCUT2D eigenvalue weighted by Crippen LogP contribution is 2.51. The van der Waals surface area contributed by atoms with Crippen molar-refractivity contribution in [2.45, 2.75) is 32.6 Å². The van der Waals surface area contributed by atoms with E-state index in [0.29, 0.717) is 0 Å². The maximum Gasteiger partial charge on any atom is 0.375 e. The van der Waals surface area contributed by atoms with Gasteiger partial charge in [-0.25, -0.2) is 0 Å². The van der Waals surface area contributed by atoms with E-state index in [2.05, 4.69) is 209 Å². The number of para-hydroxylation sites is 4. The molecule has 0 amide bonds. The van der Waals surface area contributed by atoms with Crippen molar-refractivity contribution >= 4 is 79.2 Å². The van der Waals surface area contributed by atoms with Gasteiger partial charge in [0.25, 0.3) is 0 Å². The summed E-state index contributed by atoms with van der Waals surface area (Å²) >= 11 is 0. The molecule has 0 saturated heterocycles. The number of nitrogens with zero attached hydrogens (tertiary/aromatic N) is 3. The van der Waals surface area contributed by atoms with Crippen molar-refractivity contribution in [3.63, 3.8) is 0 Å². The van der Waals surface area contributed by atoms with E-state index in [1.807, 2.05) is 0 Å². The molecule has 12 rings (SSSR count). The van der Waals surface area contributed by atoms with Gasteiger partial charge in [0, 0.05) is 44.5 Å². The molecule has 0 fully saturated rings. The van der Waals surface area contributed by atoms with Gasteiger partial charge in [0.1, 0.15) is 11.2 Å². The van der Waals surface area contributed by atoms with Gasteiger partial charge in [0.2, 0.25) is 0 Å². The summed E-state index contributed by atoms with van der Waals surface area (Å²) in [5, 5.41) is 3.55. The molecule has 4 heterocycles. The van der Waals surface area contributed by atoms with Crippen molar-refractivity contribution in [1.82, 2.24) is 4.57 Å². The molecule has 0 atom stereocenters. The van der Waals surface area contributed by atoms with Gasteiger partial charge in [0.15, 0.2) is 0 Å². The van der Waals surface area contributed by atoms with Crippen molar-refractivity contribution in [2.75, 3.05) is 9.71 Å². The van der Waals surface area contributed by atoms with Gasteiger partial charge in [-0.15, -0.1) is 0 Å². The van der Waals surface area contributed by atoms with Crippen LogP contribution in [0, 0.1) is 0 Å². The Morgan fingerprint density at radius 2 is 1.27 bits per heavy atom. The van der Waals surface area contributed by atoms with Gasteiger partial charge in [-0.2, -0.15) is 0 Å². The molecule has 286 valence electrons. The van der Waals surface area contributed by atoms with E-state index >= 15 is 0 Å². The minimum absolute atomic E-state index is 0.223. The highest BCUT2D eigenvalue weighted by Gasteiger charge is 2.48. The van der Waals surface area contributed by atoms with Crippen LogP contribution in [0.4, 0.5) is 28.4 Å². The summed E-state index contributed by atoms with van der Waals surface area (Å²) in [7, 11) is 0. The number of unbranched alkanes of at least 4 members (excludes halogenated alkanes) is 2. The van der Waals surface area contributed by atoms with Gasteiger partial charge >= 0.3 is 6.85 Å². The summed E-state index contributed by atoms with van der Waals surface area (Å²) in [6.45, 7) is 2.05. The van der Waals surface area contributed by atoms with Crippen molar-refractivity contribution < 1.29 is 4.42 Å². The fourth-order valence-corrected chi connectivity index (χ4v) is 10.1. The van der Waals surface area contributed by atoms with Gasteiger partial charge in [-0.1, -0.05) is 141 Å². The predicted octanol–water partition coefficient (Wildman–Crippen LogP) is 13.6. The first-order valence-corrected chi connectivity index (χ1v) is 21.4. The molecule has 5 heteroatoms. The minimum atomic E-state index is -0.223. The fraction of sp³-hybridized carbons (Fsp3) is 0.0909. The highest BCUT2D eigenvalue weighted by atomic mass is 16.3. The average Bonchev–Trinajstić information content (AvgIpc) is 3.86. The van der Waals surface area contributed by atoms with E-state index in [0.717, 1.165) is 57.0 Å². The molecule has 4 nitrogen and oxygen atoms in total. The lowest BCUT2D eigenvalue weighted by molar-refractivity contribution is 0.648. The predicted molar refractivity (Wildman–Crippen MR) is 253 cm³/mol. The Balaban J connectivity index is 1.22. The number of benzene rings is 8. The largest absolute Gasteiger partial charge is 0.466 e. The number of anilines is 5. The molecule has 8 aromatic carbocycles. The first kappa shape index (κ1) is 34.8. The van der Waals surface area contributed by atoms with E-state index in [-0.39, 0.29) is 6.85 Å². The SMILES string of the molecule is CCCCCc1ccc(N2B3c4oc5ccc(-c6ccccc6)cc5c4-n4c5ccccc5c5c(N(c6ccccc6)c6ccccc6)cc(c3c54)-c3ccccc32)cc1. The molecule has 2 aliphatic heterocycles. The Morgan fingerprint density at radius 3 is 2.02 bits per heavy atom. The molecule has 2 aliphatic rings. The summed E-state index contributed by atoms with van der Waals surface area (Å²) in [4.78, 5) is 5.00. The summed E-state index contributed by atoms with van der Waals surface area (Å²) in [5.74, 6) is 0. The molecule has 0 bridgehead atoms. The topological polar surface area (TPSA) is 24.6 Å². The standard InChI is InChI=1S/C55H42BN3O/c1-2-3-7-18-37-29-32-42(33-30-37)59-48-28-17-14-25-43(48)45-36-49(57(40-21-10-5-11-22-40)41-23-12-6-13-24-41)51-44-26-15-16-27-47(44)58-53-46-35-39(38-19-8-4-9-20-38)31-34-50(46)60-55(53)56(59)52(45)54(51)58/h4-6,8-17,19-36H,2-3,7,18H2,1H3. The monoisotopic (exact) mass is 771 g/mol. The normalized spacial score (nSPS) is 12.6. The van der Waals surface area contributed by atoms with Crippen LogP contribution in [-0.2, 0) is 6.42 Å². The van der Waals surface area contributed by atoms with E-state index in [1.165, 1.54) is 74.5 Å². The highest BCUT2D eigenvalue weighted by molar-refractivity contribution is 6.93. The second-order valence-corrected chi connectivity index (χ2v) is 16.2. The molecule has 0 radical (unpaired) electrons. The molecule has 0 unspecified atom stereocenters. The molecule has 60 heavy (non-hydrogen) atoms. The summed E-state index contributed by atoms with van der Waals surface area (Å²) in [5.41, 5.74) is 18.5. The second-order valence-electron chi connectivity index (χ2n) is 16.2. The number of fused-ring (bicyclic) bond motifs is 10. The van der Waals surface area contributed by atoms with Crippen LogP contribution in [0.15, 0.2) is 192 Å². The van der Waals surface area contributed by atoms with Gasteiger partial charge in [-0.3, -0.25) is 0 Å². The lowest BCUT2D eigenvalue weighted by Gasteiger charge is -2.41. The lowest BCUT2D eigenvalue weighted by Crippen LogP contribution is -2.60. The lowest BCUT2D eigenvalue weighted by atomic mass is 9.46. The van der Waals surface area contributed by atoms with E-state index in [9.17, 15) is 0 Å². The third kappa shape index (κ3) is 5.25. The summed E-state index contributed by atoms with van der Waals surface area (Å²) < 4.78 is 9.82. The first-order chi connectivity index (χ1) is 29.8. The summed E-state index contributed by atoms with van der Waals surface area (Å²) in [6, 6.07) is 68.8. The van der Waals surface area contributed by atoms with Crippen LogP contribution in [0.1, 0.15) is 31.7 Å². The fourth-order valence-electron chi connectivity index (χ4n) is 10.1. The maximum absolute atomic E-state index is 7.28. The Morgan fingerprint density at radius 1 is 0.583 bits per heavy atom. The molecule has 0 aliphatic carbocycles. The van der Waals surface area contributed by atoms with E-state index < -0.39 is 0 Å². The van der Waals surface area contributed by atoms with Crippen LogP contribution in [0.3, 0.4) is 0 Å². The number of hydrogen-bond donors (Lipinski definition) is 0. The second kappa shape index (κ2) is 14.0. The first-order valence-electron chi connectivity index (χ1n) is 21.4. The van der Waals surface area contributed by atoms with Crippen LogP contribution in [0.2, 0.25) is 0 Å². The van der Waals surface area contributed by atoms with Crippen molar-refractivity contribution in [1.29, 1.82) is 0 Å². The number of rotatable bonds is 9. The van der Waals surface area contributed by atoms with Crippen molar-refractivity contribution in [3.05, 3.63) is 194 Å². The summed E-state index contributed by atoms with van der Waals surface area (Å²) in [6.07, 6.45) is 4.77. The zero-order chi connectivity index (χ0) is 39.7. The molecular weight excluding hydrogens is 729 g/mol. The van der Waals surface area contributed by atoms with Gasteiger partial charge < -0.3 is 18.7 Å². The number of furan rings is 1. The van der Waals surface area contributed by atoms with E-state index in [4.69, 9.17) is 4.42 Å². The molecule has 2 aromatic heterocycles. The molecule has 0 saturated carbocycles. The number of aryl methyl sites for hydroxylation is 1. The quantitative estimate of drug-likeness (QED) is 0.108. The van der Waals surface area contributed by atoms with Crippen LogP contribution in [0.25, 0.3) is 60.7 Å². The minimum Gasteiger partial charge on any atom is -0.466 e. The van der Waals surface area contributed by atoms with Crippen molar-refractivity contribution in [3.8, 4) is 27.9 Å². The maximum atomic E-state index is 7.28. The van der Waals surface area contributed by atoms with Crippen LogP contribution in [0.5, 0.6) is 0 Å². The molecule has 0 N–H and O–H groups in total. The Hall–Kier alpha value is -7.24. The van der Waals surface area contributed by atoms with Gasteiger partial charge in [-0.05, 0) is 107 Å². The molecule has 0 spiro atoms. The Bertz CT molecular complexity index is 3190. The number of hydrogen-bond acceptors (Lipinski definition) is 3. The molecular formula is C55H42BN3O. The zero-order valence-corrected chi connectivity index (χ0v) is 33.6. The molecule has 10 aromatic rings. The Labute approximate surface area is 350 Å². The Kier molecular flexibility index (Phi) is 8.09.